The van der Waals surface area contributed by atoms with Gasteiger partial charge in [0.15, 0.2) is 0 Å². The third-order valence-electron chi connectivity index (χ3n) is 5.19. The van der Waals surface area contributed by atoms with Gasteiger partial charge in [0, 0.05) is 0 Å². The molecule has 0 amide bonds. The smallest absolute Gasteiger partial charge is 0.340 e. The normalized spacial score (nSPS) is 12.3. The first kappa shape index (κ1) is 22.0. The number of rotatable bonds is 9. The van der Waals surface area contributed by atoms with Crippen LogP contribution < -0.4 is 4.43 Å². The lowest BCUT2D eigenvalue weighted by Gasteiger charge is -2.43. The van der Waals surface area contributed by atoms with Gasteiger partial charge in [-0.15, -0.1) is 0 Å². The number of carbonyl (C=O) groups is 1. The van der Waals surface area contributed by atoms with E-state index in [-0.39, 0.29) is 10.6 Å². The fraction of sp³-hybridized carbons (Fsp3) is 0.650. The molecule has 0 saturated heterocycles. The molecule has 0 aromatic heterocycles. The summed E-state index contributed by atoms with van der Waals surface area (Å²) in [4.78, 5) is 11.9. The second kappa shape index (κ2) is 9.09. The maximum atomic E-state index is 11.9. The van der Waals surface area contributed by atoms with Crippen LogP contribution in [0.15, 0.2) is 12.1 Å². The van der Waals surface area contributed by atoms with E-state index in [1.807, 2.05) is 6.07 Å². The van der Waals surface area contributed by atoms with Crippen molar-refractivity contribution in [2.45, 2.75) is 84.4 Å². The lowest BCUT2D eigenvalue weighted by atomic mass is 10.0. The maximum Gasteiger partial charge on any atom is 0.340 e. The molecule has 5 heteroatoms. The number of hydrogen-bond acceptors (Lipinski definition) is 2. The van der Waals surface area contributed by atoms with Gasteiger partial charge in [0.25, 0.3) is 8.32 Å². The number of halogens is 1. The molecule has 0 saturated carbocycles. The highest BCUT2D eigenvalue weighted by molar-refractivity contribution is 6.78. The Kier molecular flexibility index (Phi) is 8.01. The van der Waals surface area contributed by atoms with Gasteiger partial charge in [0.05, 0.1) is 5.02 Å². The van der Waals surface area contributed by atoms with Crippen LogP contribution in [-0.2, 0) is 6.42 Å². The summed E-state index contributed by atoms with van der Waals surface area (Å²) in [6.45, 7) is 15.3. The number of unbranched alkanes of at least 4 members (excludes halogenated alkanes) is 1. The summed E-state index contributed by atoms with van der Waals surface area (Å²) in [5, 5.41) is 10.0. The first-order valence-corrected chi connectivity index (χ1v) is 11.8. The van der Waals surface area contributed by atoms with Gasteiger partial charge in [0.1, 0.15) is 11.3 Å². The molecule has 25 heavy (non-hydrogen) atoms. The minimum atomic E-state index is -2.26. The van der Waals surface area contributed by atoms with Crippen molar-refractivity contribution in [2.75, 3.05) is 0 Å². The molecule has 1 N–H and O–H groups in total. The van der Waals surface area contributed by atoms with Crippen molar-refractivity contribution < 1.29 is 14.3 Å². The summed E-state index contributed by atoms with van der Waals surface area (Å²) in [5.41, 5.74) is 2.18. The van der Waals surface area contributed by atoms with E-state index in [1.54, 1.807) is 6.07 Å². The van der Waals surface area contributed by atoms with Gasteiger partial charge < -0.3 is 9.53 Å². The fourth-order valence-electron chi connectivity index (χ4n) is 4.01. The van der Waals surface area contributed by atoms with E-state index in [0.717, 1.165) is 24.8 Å². The van der Waals surface area contributed by atoms with Gasteiger partial charge in [-0.1, -0.05) is 72.6 Å². The summed E-state index contributed by atoms with van der Waals surface area (Å²) in [6.07, 6.45) is 2.85. The van der Waals surface area contributed by atoms with E-state index >= 15 is 0 Å². The average Bonchev–Trinajstić information content (AvgIpc) is 2.49. The zero-order valence-corrected chi connectivity index (χ0v) is 18.4. The third-order valence-corrected chi connectivity index (χ3v) is 11.5. The third kappa shape index (κ3) is 4.59. The molecule has 0 unspecified atom stereocenters. The molecule has 0 aliphatic rings. The monoisotopic (exact) mass is 384 g/mol. The van der Waals surface area contributed by atoms with Crippen molar-refractivity contribution >= 4 is 25.9 Å². The number of hydrogen-bond donors (Lipinski definition) is 1. The molecule has 1 aromatic carbocycles. The van der Waals surface area contributed by atoms with Crippen molar-refractivity contribution in [3.63, 3.8) is 0 Å². The van der Waals surface area contributed by atoms with Crippen LogP contribution in [-0.4, -0.2) is 19.4 Å². The Morgan fingerprint density at radius 1 is 1.12 bits per heavy atom. The zero-order valence-electron chi connectivity index (χ0n) is 16.6. The fourth-order valence-corrected chi connectivity index (χ4v) is 9.54. The predicted octanol–water partition coefficient (Wildman–Crippen LogP) is 6.94. The quantitative estimate of drug-likeness (QED) is 0.469. The number of aromatic carboxylic acids is 1. The molecule has 1 aromatic rings. The molecule has 0 fully saturated rings. The van der Waals surface area contributed by atoms with E-state index in [4.69, 9.17) is 16.0 Å². The summed E-state index contributed by atoms with van der Waals surface area (Å²) < 4.78 is 6.76. The highest BCUT2D eigenvalue weighted by atomic mass is 35.5. The molecular weight excluding hydrogens is 352 g/mol. The first-order chi connectivity index (χ1) is 11.6. The number of carboxylic acids is 1. The van der Waals surface area contributed by atoms with Crippen molar-refractivity contribution in [3.8, 4) is 5.75 Å². The SMILES string of the molecule is CCCCc1ccc(Cl)c(C(=O)O)c1O[Si](C(C)C)(C(C)C)C(C)C. The van der Waals surface area contributed by atoms with E-state index in [0.29, 0.717) is 22.4 Å². The van der Waals surface area contributed by atoms with Crippen molar-refractivity contribution in [2.24, 2.45) is 0 Å². The molecule has 0 radical (unpaired) electrons. The zero-order chi connectivity index (χ0) is 19.4. The van der Waals surface area contributed by atoms with E-state index in [9.17, 15) is 9.90 Å². The number of carboxylic acid groups (broad SMARTS) is 1. The van der Waals surface area contributed by atoms with Crippen LogP contribution in [0.1, 0.15) is 77.2 Å². The highest BCUT2D eigenvalue weighted by Gasteiger charge is 2.48. The van der Waals surface area contributed by atoms with Crippen LogP contribution in [0.5, 0.6) is 5.75 Å². The molecule has 0 bridgehead atoms. The molecule has 1 rings (SSSR count). The summed E-state index contributed by atoms with van der Waals surface area (Å²) in [5.74, 6) is -0.506. The topological polar surface area (TPSA) is 46.5 Å². The Bertz CT molecular complexity index is 575. The summed E-state index contributed by atoms with van der Waals surface area (Å²) in [7, 11) is -2.26. The molecule has 0 aliphatic heterocycles. The molecule has 142 valence electrons. The standard InChI is InChI=1S/C20H33ClO3Si/c1-8-9-10-16-11-12-17(21)18(20(22)23)19(16)24-25(13(2)3,14(4)5)15(6)7/h11-15H,8-10H2,1-7H3,(H,22,23). The van der Waals surface area contributed by atoms with Gasteiger partial charge in [-0.25, -0.2) is 4.79 Å². The highest BCUT2D eigenvalue weighted by Crippen LogP contribution is 2.45. The van der Waals surface area contributed by atoms with Crippen LogP contribution in [0.25, 0.3) is 0 Å². The lowest BCUT2D eigenvalue weighted by Crippen LogP contribution is -2.51. The predicted molar refractivity (Wildman–Crippen MR) is 109 cm³/mol. The van der Waals surface area contributed by atoms with Gasteiger partial charge in [0.2, 0.25) is 0 Å². The Morgan fingerprint density at radius 3 is 2.04 bits per heavy atom. The molecule has 0 spiro atoms. The first-order valence-electron chi connectivity index (χ1n) is 9.33. The molecule has 0 atom stereocenters. The van der Waals surface area contributed by atoms with Gasteiger partial charge in [-0.3, -0.25) is 0 Å². The Labute approximate surface area is 158 Å². The van der Waals surface area contributed by atoms with Crippen molar-refractivity contribution in [1.82, 2.24) is 0 Å². The van der Waals surface area contributed by atoms with Crippen LogP contribution >= 0.6 is 11.6 Å². The minimum absolute atomic E-state index is 0.120. The van der Waals surface area contributed by atoms with Gasteiger partial charge in [-0.05, 0) is 41.1 Å². The van der Waals surface area contributed by atoms with Gasteiger partial charge in [-0.2, -0.15) is 0 Å². The van der Waals surface area contributed by atoms with Crippen LogP contribution in [0, 0.1) is 0 Å². The summed E-state index contributed by atoms with van der Waals surface area (Å²) >= 11 is 6.25. The second-order valence-electron chi connectivity index (χ2n) is 7.74. The average molecular weight is 385 g/mol. The molecular formula is C20H33ClO3Si. The van der Waals surface area contributed by atoms with Crippen molar-refractivity contribution in [3.05, 3.63) is 28.3 Å². The Balaban J connectivity index is 3.60. The van der Waals surface area contributed by atoms with Crippen LogP contribution in [0.3, 0.4) is 0 Å². The second-order valence-corrected chi connectivity index (χ2v) is 13.5. The molecule has 0 heterocycles. The lowest BCUT2D eigenvalue weighted by molar-refractivity contribution is 0.0694. The van der Waals surface area contributed by atoms with E-state index in [2.05, 4.69) is 48.5 Å². The van der Waals surface area contributed by atoms with E-state index in [1.165, 1.54) is 0 Å². The summed E-state index contributed by atoms with van der Waals surface area (Å²) in [6, 6.07) is 3.62. The van der Waals surface area contributed by atoms with E-state index < -0.39 is 14.3 Å². The van der Waals surface area contributed by atoms with Crippen molar-refractivity contribution in [1.29, 1.82) is 0 Å². The van der Waals surface area contributed by atoms with Gasteiger partial charge >= 0.3 is 5.97 Å². The minimum Gasteiger partial charge on any atom is -0.542 e. The Hall–Kier alpha value is -1.00. The Morgan fingerprint density at radius 2 is 1.64 bits per heavy atom. The largest absolute Gasteiger partial charge is 0.542 e. The van der Waals surface area contributed by atoms with Crippen LogP contribution in [0.4, 0.5) is 0 Å². The number of benzene rings is 1. The number of aryl methyl sites for hydroxylation is 1. The molecule has 3 nitrogen and oxygen atoms in total. The van der Waals surface area contributed by atoms with Crippen LogP contribution in [0.2, 0.25) is 21.6 Å². The molecule has 0 aliphatic carbocycles. The maximum absolute atomic E-state index is 11.9.